The Morgan fingerprint density at radius 1 is 1.35 bits per heavy atom. The summed E-state index contributed by atoms with van der Waals surface area (Å²) in [5, 5.41) is 0. The third-order valence-electron chi connectivity index (χ3n) is 2.94. The molecule has 1 aromatic rings. The molecule has 1 aromatic carbocycles. The van der Waals surface area contributed by atoms with Crippen LogP contribution < -0.4 is 10.6 Å². The van der Waals surface area contributed by atoms with Gasteiger partial charge in [0, 0.05) is 30.0 Å². The third kappa shape index (κ3) is 2.58. The Bertz CT molecular complexity index is 410. The molecule has 2 rings (SSSR count). The standard InChI is InChI=1S/C13H18N2O2/c1-9-6-15(7-10(2)17-9)13-4-3-12(14)5-11(13)8-16/h3-5,8-10H,6-7,14H2,1-2H3/t9-,10+. The van der Waals surface area contributed by atoms with Crippen molar-refractivity contribution in [2.45, 2.75) is 26.1 Å². The second-order valence-corrected chi connectivity index (χ2v) is 4.60. The number of nitrogens with two attached hydrogens (primary N) is 1. The summed E-state index contributed by atoms with van der Waals surface area (Å²) in [7, 11) is 0. The van der Waals surface area contributed by atoms with Gasteiger partial charge in [0.2, 0.25) is 0 Å². The number of aldehydes is 1. The van der Waals surface area contributed by atoms with E-state index in [1.54, 1.807) is 6.07 Å². The van der Waals surface area contributed by atoms with Gasteiger partial charge in [0.05, 0.1) is 12.2 Å². The zero-order chi connectivity index (χ0) is 12.4. The molecule has 92 valence electrons. The van der Waals surface area contributed by atoms with E-state index in [9.17, 15) is 4.79 Å². The van der Waals surface area contributed by atoms with Crippen LogP contribution in [-0.2, 0) is 4.74 Å². The van der Waals surface area contributed by atoms with Crippen molar-refractivity contribution in [3.8, 4) is 0 Å². The average molecular weight is 234 g/mol. The lowest BCUT2D eigenvalue weighted by molar-refractivity contribution is -0.00525. The van der Waals surface area contributed by atoms with Crippen LogP contribution in [0, 0.1) is 0 Å². The first-order valence-electron chi connectivity index (χ1n) is 5.85. The van der Waals surface area contributed by atoms with Crippen LogP contribution in [0.15, 0.2) is 18.2 Å². The number of hydrogen-bond acceptors (Lipinski definition) is 4. The number of hydrogen-bond donors (Lipinski definition) is 1. The van der Waals surface area contributed by atoms with E-state index in [1.807, 2.05) is 26.0 Å². The molecule has 1 aliphatic heterocycles. The van der Waals surface area contributed by atoms with Crippen LogP contribution in [0.25, 0.3) is 0 Å². The maximum atomic E-state index is 11.1. The first kappa shape index (κ1) is 11.9. The highest BCUT2D eigenvalue weighted by Gasteiger charge is 2.23. The SMILES string of the molecule is C[C@@H]1CN(c2ccc(N)cc2C=O)C[C@H](C)O1. The van der Waals surface area contributed by atoms with Gasteiger partial charge < -0.3 is 15.4 Å². The lowest BCUT2D eigenvalue weighted by Crippen LogP contribution is -2.45. The quantitative estimate of drug-likeness (QED) is 0.625. The first-order valence-corrected chi connectivity index (χ1v) is 5.85. The van der Waals surface area contributed by atoms with E-state index in [0.717, 1.165) is 25.1 Å². The Morgan fingerprint density at radius 3 is 2.59 bits per heavy atom. The molecule has 4 nitrogen and oxygen atoms in total. The molecule has 1 fully saturated rings. The monoisotopic (exact) mass is 234 g/mol. The second kappa shape index (κ2) is 4.75. The lowest BCUT2D eigenvalue weighted by Gasteiger charge is -2.37. The smallest absolute Gasteiger partial charge is 0.152 e. The predicted octanol–water partition coefficient (Wildman–Crippen LogP) is 1.69. The molecule has 2 N–H and O–H groups in total. The minimum atomic E-state index is 0.177. The number of nitrogens with zero attached hydrogens (tertiary/aromatic N) is 1. The van der Waals surface area contributed by atoms with Crippen molar-refractivity contribution in [2.75, 3.05) is 23.7 Å². The number of carbonyl (C=O) groups is 1. The van der Waals surface area contributed by atoms with E-state index in [4.69, 9.17) is 10.5 Å². The summed E-state index contributed by atoms with van der Waals surface area (Å²) in [5.41, 5.74) is 7.89. The molecule has 0 amide bonds. The second-order valence-electron chi connectivity index (χ2n) is 4.60. The molecule has 0 bridgehead atoms. The third-order valence-corrected chi connectivity index (χ3v) is 2.94. The topological polar surface area (TPSA) is 55.6 Å². The number of benzene rings is 1. The lowest BCUT2D eigenvalue weighted by atomic mass is 10.1. The molecular formula is C13H18N2O2. The average Bonchev–Trinajstić information content (AvgIpc) is 2.27. The molecule has 4 heteroatoms. The minimum absolute atomic E-state index is 0.177. The van der Waals surface area contributed by atoms with Gasteiger partial charge in [-0.05, 0) is 32.0 Å². The van der Waals surface area contributed by atoms with Crippen LogP contribution >= 0.6 is 0 Å². The number of anilines is 2. The van der Waals surface area contributed by atoms with Crippen LogP contribution in [0.5, 0.6) is 0 Å². The molecule has 0 aliphatic carbocycles. The molecule has 1 heterocycles. The number of nitrogen functional groups attached to an aromatic ring is 1. The summed E-state index contributed by atoms with van der Waals surface area (Å²) in [6.07, 6.45) is 1.21. The Morgan fingerprint density at radius 2 is 2.00 bits per heavy atom. The summed E-state index contributed by atoms with van der Waals surface area (Å²) in [6, 6.07) is 5.45. The van der Waals surface area contributed by atoms with Crippen LogP contribution in [0.2, 0.25) is 0 Å². The fourth-order valence-electron chi connectivity index (χ4n) is 2.33. The van der Waals surface area contributed by atoms with Crippen molar-refractivity contribution < 1.29 is 9.53 Å². The van der Waals surface area contributed by atoms with Gasteiger partial charge in [-0.2, -0.15) is 0 Å². The fraction of sp³-hybridized carbons (Fsp3) is 0.462. The number of rotatable bonds is 2. The molecule has 0 radical (unpaired) electrons. The van der Waals surface area contributed by atoms with Crippen molar-refractivity contribution in [3.63, 3.8) is 0 Å². The van der Waals surface area contributed by atoms with E-state index in [2.05, 4.69) is 4.90 Å². The number of ether oxygens (including phenoxy) is 1. The first-order chi connectivity index (χ1) is 8.10. The minimum Gasteiger partial charge on any atom is -0.399 e. The molecule has 0 spiro atoms. The Kier molecular flexibility index (Phi) is 3.33. The van der Waals surface area contributed by atoms with Crippen molar-refractivity contribution in [2.24, 2.45) is 0 Å². The van der Waals surface area contributed by atoms with E-state index < -0.39 is 0 Å². The largest absolute Gasteiger partial charge is 0.399 e. The number of carbonyl (C=O) groups excluding carboxylic acids is 1. The molecular weight excluding hydrogens is 216 g/mol. The van der Waals surface area contributed by atoms with Crippen LogP contribution in [0.1, 0.15) is 24.2 Å². The van der Waals surface area contributed by atoms with Gasteiger partial charge in [0.25, 0.3) is 0 Å². The Hall–Kier alpha value is -1.55. The normalized spacial score (nSPS) is 24.7. The van der Waals surface area contributed by atoms with Crippen molar-refractivity contribution >= 4 is 17.7 Å². The van der Waals surface area contributed by atoms with Crippen molar-refractivity contribution in [1.29, 1.82) is 0 Å². The van der Waals surface area contributed by atoms with E-state index in [0.29, 0.717) is 11.3 Å². The van der Waals surface area contributed by atoms with Gasteiger partial charge in [0.1, 0.15) is 0 Å². The molecule has 0 aromatic heterocycles. The Labute approximate surface area is 101 Å². The van der Waals surface area contributed by atoms with Gasteiger partial charge in [-0.1, -0.05) is 0 Å². The highest BCUT2D eigenvalue weighted by molar-refractivity contribution is 5.86. The van der Waals surface area contributed by atoms with E-state index in [-0.39, 0.29) is 12.2 Å². The van der Waals surface area contributed by atoms with E-state index >= 15 is 0 Å². The van der Waals surface area contributed by atoms with Gasteiger partial charge in [0.15, 0.2) is 6.29 Å². The molecule has 0 unspecified atom stereocenters. The maximum absolute atomic E-state index is 11.1. The van der Waals surface area contributed by atoms with Crippen LogP contribution in [-0.4, -0.2) is 31.6 Å². The summed E-state index contributed by atoms with van der Waals surface area (Å²) in [4.78, 5) is 13.3. The zero-order valence-electron chi connectivity index (χ0n) is 10.2. The molecule has 1 aliphatic rings. The highest BCUT2D eigenvalue weighted by Crippen LogP contribution is 2.25. The van der Waals surface area contributed by atoms with Gasteiger partial charge in [-0.3, -0.25) is 4.79 Å². The van der Waals surface area contributed by atoms with Gasteiger partial charge in [-0.15, -0.1) is 0 Å². The predicted molar refractivity (Wildman–Crippen MR) is 68.5 cm³/mol. The summed E-state index contributed by atoms with van der Waals surface area (Å²) in [5.74, 6) is 0. The van der Waals surface area contributed by atoms with Crippen LogP contribution in [0.4, 0.5) is 11.4 Å². The van der Waals surface area contributed by atoms with Crippen LogP contribution in [0.3, 0.4) is 0 Å². The van der Waals surface area contributed by atoms with Gasteiger partial charge >= 0.3 is 0 Å². The highest BCUT2D eigenvalue weighted by atomic mass is 16.5. The Balaban J connectivity index is 2.29. The van der Waals surface area contributed by atoms with Gasteiger partial charge in [-0.25, -0.2) is 0 Å². The van der Waals surface area contributed by atoms with Crippen molar-refractivity contribution in [3.05, 3.63) is 23.8 Å². The molecule has 17 heavy (non-hydrogen) atoms. The fourth-order valence-corrected chi connectivity index (χ4v) is 2.33. The summed E-state index contributed by atoms with van der Waals surface area (Å²) >= 11 is 0. The molecule has 1 saturated heterocycles. The zero-order valence-corrected chi connectivity index (χ0v) is 10.2. The summed E-state index contributed by atoms with van der Waals surface area (Å²) < 4.78 is 5.68. The molecule has 2 atom stereocenters. The van der Waals surface area contributed by atoms with E-state index in [1.165, 1.54) is 0 Å². The summed E-state index contributed by atoms with van der Waals surface area (Å²) in [6.45, 7) is 5.69. The molecule has 0 saturated carbocycles. The van der Waals surface area contributed by atoms with Crippen molar-refractivity contribution in [1.82, 2.24) is 0 Å². The maximum Gasteiger partial charge on any atom is 0.152 e. The number of morpholine rings is 1.